The monoisotopic (exact) mass is 471 g/mol. The van der Waals surface area contributed by atoms with Crippen molar-refractivity contribution in [2.75, 3.05) is 6.61 Å². The first-order valence-corrected chi connectivity index (χ1v) is 11.3. The van der Waals surface area contributed by atoms with E-state index in [1.807, 2.05) is 20.8 Å². The SMILES string of the molecule is C=C(OCCCC)c1cc(-n2c(C)cc(OCc3ncc(F)cc3F)cc2=O)c(C)cn1.CC. The van der Waals surface area contributed by atoms with E-state index in [2.05, 4.69) is 23.5 Å². The molecule has 3 aromatic heterocycles. The molecule has 3 rings (SSSR count). The number of unbranched alkanes of at least 4 members (excludes halogenated alkanes) is 1. The summed E-state index contributed by atoms with van der Waals surface area (Å²) in [5, 5.41) is 0. The van der Waals surface area contributed by atoms with Gasteiger partial charge in [0.2, 0.25) is 0 Å². The van der Waals surface area contributed by atoms with Crippen LogP contribution in [0.2, 0.25) is 0 Å². The molecule has 0 bridgehead atoms. The predicted octanol–water partition coefficient (Wildman–Crippen LogP) is 5.92. The molecule has 0 atom stereocenters. The van der Waals surface area contributed by atoms with Gasteiger partial charge >= 0.3 is 0 Å². The largest absolute Gasteiger partial charge is 0.492 e. The van der Waals surface area contributed by atoms with Crippen molar-refractivity contribution in [2.45, 2.75) is 54.1 Å². The average Bonchev–Trinajstić information content (AvgIpc) is 2.80. The normalized spacial score (nSPS) is 10.3. The van der Waals surface area contributed by atoms with Gasteiger partial charge in [-0.25, -0.2) is 8.78 Å². The van der Waals surface area contributed by atoms with Crippen molar-refractivity contribution in [3.8, 4) is 11.4 Å². The molecule has 182 valence electrons. The maximum absolute atomic E-state index is 13.8. The van der Waals surface area contributed by atoms with Crippen LogP contribution in [-0.2, 0) is 11.3 Å². The van der Waals surface area contributed by atoms with E-state index in [0.717, 1.165) is 30.7 Å². The van der Waals surface area contributed by atoms with E-state index in [-0.39, 0.29) is 23.6 Å². The molecule has 0 spiro atoms. The molecule has 0 aliphatic heterocycles. The number of pyridine rings is 3. The molecule has 34 heavy (non-hydrogen) atoms. The Kier molecular flexibility index (Phi) is 9.92. The number of ether oxygens (including phenoxy) is 2. The lowest BCUT2D eigenvalue weighted by molar-refractivity contribution is 0.270. The smallest absolute Gasteiger partial charge is 0.259 e. The molecule has 0 radical (unpaired) electrons. The van der Waals surface area contributed by atoms with Crippen molar-refractivity contribution in [3.05, 3.63) is 87.9 Å². The molecule has 3 aromatic rings. The van der Waals surface area contributed by atoms with Crippen LogP contribution in [0.3, 0.4) is 0 Å². The lowest BCUT2D eigenvalue weighted by Gasteiger charge is -2.16. The van der Waals surface area contributed by atoms with Crippen molar-refractivity contribution in [1.82, 2.24) is 14.5 Å². The molecule has 0 aromatic carbocycles. The second kappa shape index (κ2) is 12.6. The lowest BCUT2D eigenvalue weighted by Crippen LogP contribution is -2.21. The summed E-state index contributed by atoms with van der Waals surface area (Å²) in [5.41, 5.74) is 2.22. The predicted molar refractivity (Wildman–Crippen MR) is 129 cm³/mol. The minimum Gasteiger partial charge on any atom is -0.492 e. The molecule has 6 nitrogen and oxygen atoms in total. The Labute approximate surface area is 198 Å². The minimum absolute atomic E-state index is 0.0514. The van der Waals surface area contributed by atoms with E-state index in [1.165, 1.54) is 10.6 Å². The van der Waals surface area contributed by atoms with Crippen LogP contribution in [0.4, 0.5) is 8.78 Å². The minimum atomic E-state index is -0.809. The van der Waals surface area contributed by atoms with Crippen molar-refractivity contribution in [2.24, 2.45) is 0 Å². The summed E-state index contributed by atoms with van der Waals surface area (Å²) in [6.45, 7) is 13.9. The van der Waals surface area contributed by atoms with Gasteiger partial charge in [-0.15, -0.1) is 0 Å². The first-order chi connectivity index (χ1) is 16.3. The van der Waals surface area contributed by atoms with E-state index >= 15 is 0 Å². The second-order valence-corrected chi connectivity index (χ2v) is 7.36. The van der Waals surface area contributed by atoms with Crippen LogP contribution in [-0.4, -0.2) is 21.1 Å². The Hall–Kier alpha value is -3.55. The summed E-state index contributed by atoms with van der Waals surface area (Å²) in [7, 11) is 0. The van der Waals surface area contributed by atoms with Crippen LogP contribution < -0.4 is 10.3 Å². The van der Waals surface area contributed by atoms with E-state index in [4.69, 9.17) is 9.47 Å². The number of hydrogen-bond donors (Lipinski definition) is 0. The van der Waals surface area contributed by atoms with Crippen LogP contribution in [0, 0.1) is 25.5 Å². The van der Waals surface area contributed by atoms with Gasteiger partial charge in [0, 0.05) is 30.1 Å². The van der Waals surface area contributed by atoms with Crippen molar-refractivity contribution >= 4 is 5.76 Å². The zero-order valence-electron chi connectivity index (χ0n) is 20.3. The van der Waals surface area contributed by atoms with E-state index in [0.29, 0.717) is 29.4 Å². The van der Waals surface area contributed by atoms with Gasteiger partial charge in [0.1, 0.15) is 35.3 Å². The zero-order valence-corrected chi connectivity index (χ0v) is 20.3. The van der Waals surface area contributed by atoms with Crippen LogP contribution in [0.25, 0.3) is 11.4 Å². The van der Waals surface area contributed by atoms with Gasteiger partial charge in [-0.2, -0.15) is 0 Å². The second-order valence-electron chi connectivity index (χ2n) is 7.36. The van der Waals surface area contributed by atoms with Crippen molar-refractivity contribution in [1.29, 1.82) is 0 Å². The third-order valence-corrected chi connectivity index (χ3v) is 4.83. The molecule has 8 heteroatoms. The summed E-state index contributed by atoms with van der Waals surface area (Å²) in [6, 6.07) is 5.46. The summed E-state index contributed by atoms with van der Waals surface area (Å²) in [6.07, 6.45) is 4.49. The highest BCUT2D eigenvalue weighted by atomic mass is 19.1. The zero-order chi connectivity index (χ0) is 25.3. The van der Waals surface area contributed by atoms with Gasteiger partial charge < -0.3 is 9.47 Å². The highest BCUT2D eigenvalue weighted by molar-refractivity contribution is 5.58. The van der Waals surface area contributed by atoms with Crippen LogP contribution in [0.15, 0.2) is 48.0 Å². The Bertz CT molecular complexity index is 1190. The van der Waals surface area contributed by atoms with Crippen LogP contribution in [0.1, 0.15) is 56.3 Å². The maximum Gasteiger partial charge on any atom is 0.259 e. The lowest BCUT2D eigenvalue weighted by atomic mass is 10.2. The van der Waals surface area contributed by atoms with Gasteiger partial charge in [0.25, 0.3) is 5.56 Å². The maximum atomic E-state index is 13.8. The number of aromatic nitrogens is 3. The summed E-state index contributed by atoms with van der Waals surface area (Å²) in [5.74, 6) is -0.876. The Morgan fingerprint density at radius 2 is 1.82 bits per heavy atom. The fourth-order valence-electron chi connectivity index (χ4n) is 3.09. The van der Waals surface area contributed by atoms with Crippen molar-refractivity contribution in [3.63, 3.8) is 0 Å². The molecule has 0 N–H and O–H groups in total. The van der Waals surface area contributed by atoms with Gasteiger partial charge in [-0.3, -0.25) is 19.3 Å². The van der Waals surface area contributed by atoms with Crippen molar-refractivity contribution < 1.29 is 18.3 Å². The molecule has 0 saturated carbocycles. The highest BCUT2D eigenvalue weighted by Gasteiger charge is 2.13. The first kappa shape index (κ1) is 26.7. The topological polar surface area (TPSA) is 66.2 Å². The molecule has 0 aliphatic carbocycles. The third-order valence-electron chi connectivity index (χ3n) is 4.83. The highest BCUT2D eigenvalue weighted by Crippen LogP contribution is 2.21. The molecule has 0 unspecified atom stereocenters. The Morgan fingerprint density at radius 3 is 2.47 bits per heavy atom. The number of hydrogen-bond acceptors (Lipinski definition) is 5. The fourth-order valence-corrected chi connectivity index (χ4v) is 3.09. The van der Waals surface area contributed by atoms with E-state index in [9.17, 15) is 13.6 Å². The molecule has 0 aliphatic rings. The first-order valence-electron chi connectivity index (χ1n) is 11.3. The molecule has 0 fully saturated rings. The number of nitrogens with zero attached hydrogens (tertiary/aromatic N) is 3. The van der Waals surface area contributed by atoms with E-state index < -0.39 is 11.6 Å². The standard InChI is InChI=1S/C24H25F2N3O3.C2H6/c1-5-6-7-31-17(4)21-11-23(15(2)12-27-21)29-16(3)8-19(10-24(29)30)32-14-22-20(26)9-18(25)13-28-22;1-2/h8-13H,4-7,14H2,1-3H3;1-2H3. The Balaban J connectivity index is 0.00000199. The molecule has 3 heterocycles. The number of aryl methyl sites for hydroxylation is 2. The third kappa shape index (κ3) is 6.73. The number of halogens is 2. The van der Waals surface area contributed by atoms with Crippen LogP contribution in [0.5, 0.6) is 5.75 Å². The number of rotatable bonds is 9. The molecular weight excluding hydrogens is 440 g/mol. The average molecular weight is 472 g/mol. The van der Waals surface area contributed by atoms with Gasteiger partial charge in [0.15, 0.2) is 5.82 Å². The molecule has 0 amide bonds. The van der Waals surface area contributed by atoms with Gasteiger partial charge in [-0.1, -0.05) is 33.8 Å². The summed E-state index contributed by atoms with van der Waals surface area (Å²) < 4.78 is 39.5. The van der Waals surface area contributed by atoms with Crippen LogP contribution >= 0.6 is 0 Å². The molecular formula is C26H31F2N3O3. The Morgan fingerprint density at radius 1 is 1.09 bits per heavy atom. The summed E-state index contributed by atoms with van der Waals surface area (Å²) >= 11 is 0. The molecule has 0 saturated heterocycles. The quantitative estimate of drug-likeness (QED) is 0.286. The summed E-state index contributed by atoms with van der Waals surface area (Å²) in [4.78, 5) is 20.9. The van der Waals surface area contributed by atoms with E-state index in [1.54, 1.807) is 25.3 Å². The fraction of sp³-hybridized carbons (Fsp3) is 0.346. The van der Waals surface area contributed by atoms with Gasteiger partial charge in [0.05, 0.1) is 18.5 Å². The van der Waals surface area contributed by atoms with Gasteiger partial charge in [-0.05, 0) is 31.9 Å².